The van der Waals surface area contributed by atoms with Crippen LogP contribution in [0.15, 0.2) is 42.5 Å². The SMILES string of the molecule is CCOc1ccccc1CCC(=O)NC(C)c1ccc(OCC(C)C)c(OC)c1. The van der Waals surface area contributed by atoms with Gasteiger partial charge in [0.2, 0.25) is 5.91 Å². The molecule has 2 aromatic carbocycles. The molecule has 5 nitrogen and oxygen atoms in total. The van der Waals surface area contributed by atoms with E-state index in [2.05, 4.69) is 19.2 Å². The van der Waals surface area contributed by atoms with E-state index in [1.165, 1.54) is 0 Å². The number of para-hydroxylation sites is 1. The Hall–Kier alpha value is -2.69. The number of hydrogen-bond acceptors (Lipinski definition) is 4. The summed E-state index contributed by atoms with van der Waals surface area (Å²) < 4.78 is 16.9. The van der Waals surface area contributed by atoms with Gasteiger partial charge in [-0.2, -0.15) is 0 Å². The number of rotatable bonds is 11. The second-order valence-corrected chi connectivity index (χ2v) is 7.45. The predicted molar refractivity (Wildman–Crippen MR) is 116 cm³/mol. The smallest absolute Gasteiger partial charge is 0.220 e. The van der Waals surface area contributed by atoms with Gasteiger partial charge in [-0.1, -0.05) is 38.1 Å². The molecule has 1 N–H and O–H groups in total. The second kappa shape index (κ2) is 11.3. The summed E-state index contributed by atoms with van der Waals surface area (Å²) in [5, 5.41) is 3.06. The third kappa shape index (κ3) is 7.00. The van der Waals surface area contributed by atoms with E-state index in [0.717, 1.165) is 22.6 Å². The number of hydrogen-bond donors (Lipinski definition) is 1. The van der Waals surface area contributed by atoms with Crippen molar-refractivity contribution in [1.82, 2.24) is 5.32 Å². The van der Waals surface area contributed by atoms with Crippen molar-refractivity contribution < 1.29 is 19.0 Å². The first-order chi connectivity index (χ1) is 13.9. The van der Waals surface area contributed by atoms with Crippen LogP contribution in [0.25, 0.3) is 0 Å². The van der Waals surface area contributed by atoms with E-state index in [0.29, 0.717) is 37.7 Å². The fraction of sp³-hybridized carbons (Fsp3) is 0.458. The number of nitrogens with one attached hydrogen (secondary N) is 1. The van der Waals surface area contributed by atoms with Gasteiger partial charge >= 0.3 is 0 Å². The Morgan fingerprint density at radius 1 is 1.00 bits per heavy atom. The molecule has 29 heavy (non-hydrogen) atoms. The summed E-state index contributed by atoms with van der Waals surface area (Å²) in [6.07, 6.45) is 1.04. The van der Waals surface area contributed by atoms with Crippen LogP contribution in [-0.4, -0.2) is 26.2 Å². The van der Waals surface area contributed by atoms with Crippen molar-refractivity contribution in [2.45, 2.75) is 46.6 Å². The van der Waals surface area contributed by atoms with E-state index < -0.39 is 0 Å². The molecule has 0 saturated heterocycles. The summed E-state index contributed by atoms with van der Waals surface area (Å²) >= 11 is 0. The fourth-order valence-corrected chi connectivity index (χ4v) is 2.98. The lowest BCUT2D eigenvalue weighted by Crippen LogP contribution is -2.26. The Bertz CT molecular complexity index is 788. The van der Waals surface area contributed by atoms with Gasteiger partial charge in [-0.25, -0.2) is 0 Å². The molecule has 0 aliphatic carbocycles. The Labute approximate surface area is 174 Å². The van der Waals surface area contributed by atoms with Crippen LogP contribution in [0.2, 0.25) is 0 Å². The number of benzene rings is 2. The van der Waals surface area contributed by atoms with E-state index in [9.17, 15) is 4.79 Å². The number of ether oxygens (including phenoxy) is 3. The van der Waals surface area contributed by atoms with Crippen molar-refractivity contribution in [3.05, 3.63) is 53.6 Å². The standard InChI is InChI=1S/C24H33NO4/c1-6-28-21-10-8-7-9-19(21)12-14-24(26)25-18(4)20-11-13-22(23(15-20)27-5)29-16-17(2)3/h7-11,13,15,17-18H,6,12,14,16H2,1-5H3,(H,25,26). The molecule has 0 saturated carbocycles. The second-order valence-electron chi connectivity index (χ2n) is 7.45. The molecular weight excluding hydrogens is 366 g/mol. The van der Waals surface area contributed by atoms with E-state index in [-0.39, 0.29) is 11.9 Å². The lowest BCUT2D eigenvalue weighted by Gasteiger charge is -2.18. The van der Waals surface area contributed by atoms with Crippen LogP contribution in [0.5, 0.6) is 17.2 Å². The Morgan fingerprint density at radius 3 is 2.45 bits per heavy atom. The van der Waals surface area contributed by atoms with Gasteiger partial charge in [0.1, 0.15) is 5.75 Å². The molecule has 1 amide bonds. The van der Waals surface area contributed by atoms with Gasteiger partial charge in [-0.15, -0.1) is 0 Å². The van der Waals surface area contributed by atoms with Crippen molar-refractivity contribution in [1.29, 1.82) is 0 Å². The third-order valence-corrected chi connectivity index (χ3v) is 4.53. The molecule has 0 bridgehead atoms. The van der Waals surface area contributed by atoms with Crippen LogP contribution in [-0.2, 0) is 11.2 Å². The van der Waals surface area contributed by atoms with Crippen LogP contribution in [0.1, 0.15) is 51.3 Å². The average molecular weight is 400 g/mol. The molecule has 0 fully saturated rings. The van der Waals surface area contributed by atoms with Crippen molar-refractivity contribution in [2.75, 3.05) is 20.3 Å². The summed E-state index contributed by atoms with van der Waals surface area (Å²) in [5.41, 5.74) is 2.02. The molecule has 0 heterocycles. The number of amides is 1. The van der Waals surface area contributed by atoms with Gasteiger partial charge in [-0.3, -0.25) is 4.79 Å². The first-order valence-electron chi connectivity index (χ1n) is 10.2. The van der Waals surface area contributed by atoms with Gasteiger partial charge in [0.15, 0.2) is 11.5 Å². The van der Waals surface area contributed by atoms with Crippen LogP contribution in [0, 0.1) is 5.92 Å². The van der Waals surface area contributed by atoms with Crippen molar-refractivity contribution in [2.24, 2.45) is 5.92 Å². The van der Waals surface area contributed by atoms with E-state index in [1.54, 1.807) is 7.11 Å². The normalized spacial score (nSPS) is 11.8. The van der Waals surface area contributed by atoms with Gasteiger partial charge in [0.25, 0.3) is 0 Å². The molecule has 2 rings (SSSR count). The van der Waals surface area contributed by atoms with Gasteiger partial charge < -0.3 is 19.5 Å². The summed E-state index contributed by atoms with van der Waals surface area (Å²) in [5.74, 6) is 2.68. The highest BCUT2D eigenvalue weighted by Crippen LogP contribution is 2.30. The quantitative estimate of drug-likeness (QED) is 0.581. The Morgan fingerprint density at radius 2 is 1.76 bits per heavy atom. The minimum Gasteiger partial charge on any atom is -0.494 e. The molecular formula is C24H33NO4. The van der Waals surface area contributed by atoms with Crippen LogP contribution in [0.4, 0.5) is 0 Å². The first kappa shape index (κ1) is 22.6. The molecule has 2 aromatic rings. The number of methoxy groups -OCH3 is 1. The van der Waals surface area contributed by atoms with Crippen LogP contribution in [0.3, 0.4) is 0 Å². The predicted octanol–water partition coefficient (Wildman–Crippen LogP) is 4.94. The summed E-state index contributed by atoms with van der Waals surface area (Å²) in [6.45, 7) is 9.37. The maximum atomic E-state index is 12.5. The molecule has 0 aliphatic rings. The third-order valence-electron chi connectivity index (χ3n) is 4.53. The Balaban J connectivity index is 1.95. The molecule has 1 unspecified atom stereocenters. The van der Waals surface area contributed by atoms with Crippen molar-refractivity contribution in [3.8, 4) is 17.2 Å². The zero-order valence-corrected chi connectivity index (χ0v) is 18.2. The van der Waals surface area contributed by atoms with Gasteiger partial charge in [0.05, 0.1) is 26.4 Å². The zero-order chi connectivity index (χ0) is 21.2. The average Bonchev–Trinajstić information content (AvgIpc) is 2.71. The van der Waals surface area contributed by atoms with Crippen LogP contribution < -0.4 is 19.5 Å². The number of carbonyl (C=O) groups is 1. The minimum absolute atomic E-state index is 0.00269. The highest BCUT2D eigenvalue weighted by molar-refractivity contribution is 5.76. The molecule has 1 atom stereocenters. The number of aryl methyl sites for hydroxylation is 1. The summed E-state index contributed by atoms with van der Waals surface area (Å²) in [4.78, 5) is 12.5. The van der Waals surface area contributed by atoms with E-state index in [4.69, 9.17) is 14.2 Å². The summed E-state index contributed by atoms with van der Waals surface area (Å²) in [7, 11) is 1.63. The highest BCUT2D eigenvalue weighted by atomic mass is 16.5. The molecule has 5 heteroatoms. The van der Waals surface area contributed by atoms with E-state index in [1.807, 2.05) is 56.3 Å². The monoisotopic (exact) mass is 399 g/mol. The lowest BCUT2D eigenvalue weighted by molar-refractivity contribution is -0.121. The molecule has 0 spiro atoms. The fourth-order valence-electron chi connectivity index (χ4n) is 2.98. The van der Waals surface area contributed by atoms with E-state index >= 15 is 0 Å². The maximum absolute atomic E-state index is 12.5. The van der Waals surface area contributed by atoms with Gasteiger partial charge in [-0.05, 0) is 55.5 Å². The molecule has 0 radical (unpaired) electrons. The topological polar surface area (TPSA) is 56.8 Å². The first-order valence-corrected chi connectivity index (χ1v) is 10.2. The van der Waals surface area contributed by atoms with Gasteiger partial charge in [0, 0.05) is 6.42 Å². The number of carbonyl (C=O) groups excluding carboxylic acids is 1. The zero-order valence-electron chi connectivity index (χ0n) is 18.2. The molecule has 0 aliphatic heterocycles. The lowest BCUT2D eigenvalue weighted by atomic mass is 10.1. The highest BCUT2D eigenvalue weighted by Gasteiger charge is 2.14. The maximum Gasteiger partial charge on any atom is 0.220 e. The Kier molecular flexibility index (Phi) is 8.84. The van der Waals surface area contributed by atoms with Crippen molar-refractivity contribution in [3.63, 3.8) is 0 Å². The molecule has 0 aromatic heterocycles. The summed E-state index contributed by atoms with van der Waals surface area (Å²) in [6, 6.07) is 13.5. The van der Waals surface area contributed by atoms with Crippen LogP contribution >= 0.6 is 0 Å². The van der Waals surface area contributed by atoms with Crippen molar-refractivity contribution >= 4 is 5.91 Å². The molecule has 158 valence electrons. The minimum atomic E-state index is -0.127. The largest absolute Gasteiger partial charge is 0.494 e.